The standard InChI is InChI=1S/C15H16ClF3N3O4S2/c1-21(11(23)4-7-28(25,26)8-5-15(17,18)19)14-12(16)20-13(27-14)10-3-2-6-22(24)9-10/h2-3,6,9,24H,4-5,7-8H2,1H3/q+1. The van der Waals surface area contributed by atoms with Crippen molar-refractivity contribution in [2.24, 2.45) is 0 Å². The van der Waals surface area contributed by atoms with Crippen LogP contribution in [-0.2, 0) is 14.6 Å². The number of rotatable bonds is 7. The zero-order valence-electron chi connectivity index (χ0n) is 14.5. The fourth-order valence-corrected chi connectivity index (χ4v) is 4.65. The number of aromatic nitrogens is 2. The predicted octanol–water partition coefficient (Wildman–Crippen LogP) is 2.71. The van der Waals surface area contributed by atoms with Crippen molar-refractivity contribution in [2.45, 2.75) is 19.0 Å². The van der Waals surface area contributed by atoms with E-state index in [1.54, 1.807) is 12.1 Å². The van der Waals surface area contributed by atoms with Crippen LogP contribution in [0.15, 0.2) is 24.5 Å². The Morgan fingerprint density at radius 1 is 1.39 bits per heavy atom. The van der Waals surface area contributed by atoms with Gasteiger partial charge < -0.3 is 4.90 Å². The van der Waals surface area contributed by atoms with E-state index in [9.17, 15) is 31.6 Å². The highest BCUT2D eigenvalue weighted by atomic mass is 35.5. The van der Waals surface area contributed by atoms with Crippen molar-refractivity contribution in [1.82, 2.24) is 4.98 Å². The average molecular weight is 459 g/mol. The first-order chi connectivity index (χ1) is 12.9. The van der Waals surface area contributed by atoms with Crippen LogP contribution < -0.4 is 9.63 Å². The van der Waals surface area contributed by atoms with Crippen LogP contribution in [0.2, 0.25) is 5.15 Å². The van der Waals surface area contributed by atoms with Crippen LogP contribution in [0.25, 0.3) is 10.6 Å². The molecule has 0 atom stereocenters. The van der Waals surface area contributed by atoms with Gasteiger partial charge >= 0.3 is 6.18 Å². The predicted molar refractivity (Wildman–Crippen MR) is 97.3 cm³/mol. The van der Waals surface area contributed by atoms with Gasteiger partial charge in [-0.1, -0.05) is 22.9 Å². The summed E-state index contributed by atoms with van der Waals surface area (Å²) in [5, 5.41) is 10.1. The van der Waals surface area contributed by atoms with Gasteiger partial charge in [-0.05, 0) is 6.07 Å². The Morgan fingerprint density at radius 3 is 2.68 bits per heavy atom. The van der Waals surface area contributed by atoms with Crippen molar-refractivity contribution in [3.05, 3.63) is 29.7 Å². The molecule has 28 heavy (non-hydrogen) atoms. The minimum atomic E-state index is -4.58. The maximum absolute atomic E-state index is 12.3. The smallest absolute Gasteiger partial charge is 0.304 e. The first kappa shape index (κ1) is 22.4. The van der Waals surface area contributed by atoms with Gasteiger partial charge in [0.2, 0.25) is 18.3 Å². The largest absolute Gasteiger partial charge is 0.390 e. The third kappa shape index (κ3) is 6.31. The molecule has 154 valence electrons. The van der Waals surface area contributed by atoms with E-state index in [1.807, 2.05) is 0 Å². The van der Waals surface area contributed by atoms with Gasteiger partial charge in [-0.15, -0.1) is 0 Å². The molecule has 0 bridgehead atoms. The number of pyridine rings is 1. The molecule has 0 aliphatic carbocycles. The van der Waals surface area contributed by atoms with Gasteiger partial charge in [0.25, 0.3) is 0 Å². The number of anilines is 1. The number of hydrogen-bond donors (Lipinski definition) is 1. The van der Waals surface area contributed by atoms with Gasteiger partial charge in [-0.25, -0.2) is 13.4 Å². The van der Waals surface area contributed by atoms with Crippen molar-refractivity contribution in [3.63, 3.8) is 0 Å². The second-order valence-corrected chi connectivity index (χ2v) is 9.45. The molecular weight excluding hydrogens is 443 g/mol. The number of nitrogens with zero attached hydrogens (tertiary/aromatic N) is 3. The summed E-state index contributed by atoms with van der Waals surface area (Å²) in [5.41, 5.74) is 0.540. The number of hydrogen-bond acceptors (Lipinski definition) is 6. The highest BCUT2D eigenvalue weighted by Crippen LogP contribution is 2.37. The SMILES string of the molecule is CN(C(=O)CCS(=O)(=O)CCC(F)(F)F)c1sc(-c2ccc[n+](O)c2)nc1Cl. The number of amides is 1. The third-order valence-corrected chi connectivity index (χ3v) is 6.81. The van der Waals surface area contributed by atoms with Gasteiger partial charge in [-0.3, -0.25) is 10.0 Å². The molecule has 2 rings (SSSR count). The first-order valence-electron chi connectivity index (χ1n) is 7.79. The molecule has 0 unspecified atom stereocenters. The average Bonchev–Trinajstić information content (AvgIpc) is 2.99. The molecule has 2 aromatic rings. The van der Waals surface area contributed by atoms with Crippen molar-refractivity contribution in [1.29, 1.82) is 0 Å². The molecular formula is C15H16ClF3N3O4S2+. The van der Waals surface area contributed by atoms with Crippen LogP contribution in [0.4, 0.5) is 18.2 Å². The molecule has 2 aromatic heterocycles. The lowest BCUT2D eigenvalue weighted by Crippen LogP contribution is -2.28. The Labute approximate surface area is 167 Å². The highest BCUT2D eigenvalue weighted by Gasteiger charge is 2.30. The molecule has 2 heterocycles. The Kier molecular flexibility index (Phi) is 6.88. The number of halogens is 4. The van der Waals surface area contributed by atoms with Crippen LogP contribution in [-0.4, -0.2) is 49.2 Å². The molecule has 0 aromatic carbocycles. The molecule has 0 spiro atoms. The zero-order valence-corrected chi connectivity index (χ0v) is 16.9. The first-order valence-corrected chi connectivity index (χ1v) is 10.8. The molecule has 0 aliphatic heterocycles. The molecule has 0 saturated carbocycles. The van der Waals surface area contributed by atoms with E-state index in [0.29, 0.717) is 10.6 Å². The van der Waals surface area contributed by atoms with Gasteiger partial charge in [0, 0.05) is 24.3 Å². The Morgan fingerprint density at radius 2 is 2.07 bits per heavy atom. The van der Waals surface area contributed by atoms with E-state index in [4.69, 9.17) is 11.6 Å². The van der Waals surface area contributed by atoms with E-state index in [0.717, 1.165) is 21.0 Å². The monoisotopic (exact) mass is 458 g/mol. The second kappa shape index (κ2) is 8.62. The van der Waals surface area contributed by atoms with Crippen molar-refractivity contribution in [2.75, 3.05) is 23.5 Å². The summed E-state index contributed by atoms with van der Waals surface area (Å²) in [6.07, 6.45) is -3.74. The summed E-state index contributed by atoms with van der Waals surface area (Å²) in [6.45, 7) is 0. The lowest BCUT2D eigenvalue weighted by molar-refractivity contribution is -0.904. The van der Waals surface area contributed by atoms with Crippen LogP contribution in [0.1, 0.15) is 12.8 Å². The van der Waals surface area contributed by atoms with E-state index < -0.39 is 46.3 Å². The van der Waals surface area contributed by atoms with Gasteiger partial charge in [-0.2, -0.15) is 13.2 Å². The fraction of sp³-hybridized carbons (Fsp3) is 0.400. The normalized spacial score (nSPS) is 12.2. The quantitative estimate of drug-likeness (QED) is 0.509. The van der Waals surface area contributed by atoms with Crippen LogP contribution in [0.3, 0.4) is 0 Å². The molecule has 1 amide bonds. The number of alkyl halides is 3. The summed E-state index contributed by atoms with van der Waals surface area (Å²) in [7, 11) is -2.66. The summed E-state index contributed by atoms with van der Waals surface area (Å²) >= 11 is 7.10. The van der Waals surface area contributed by atoms with E-state index in [2.05, 4.69) is 4.98 Å². The highest BCUT2D eigenvalue weighted by molar-refractivity contribution is 7.91. The number of carbonyl (C=O) groups excluding carboxylic acids is 1. The molecule has 13 heteroatoms. The van der Waals surface area contributed by atoms with Crippen LogP contribution in [0.5, 0.6) is 0 Å². The van der Waals surface area contributed by atoms with Gasteiger partial charge in [0.05, 0.1) is 23.5 Å². The van der Waals surface area contributed by atoms with Crippen LogP contribution in [0, 0.1) is 0 Å². The van der Waals surface area contributed by atoms with Crippen molar-refractivity contribution >= 4 is 43.7 Å². The number of thiazole rings is 1. The van der Waals surface area contributed by atoms with Crippen LogP contribution >= 0.6 is 22.9 Å². The molecule has 0 saturated heterocycles. The summed E-state index contributed by atoms with van der Waals surface area (Å²) in [6, 6.07) is 3.24. The second-order valence-electron chi connectivity index (χ2n) is 5.81. The topological polar surface area (TPSA) is 91.5 Å². The number of carbonyl (C=O) groups is 1. The Balaban J connectivity index is 2.05. The van der Waals surface area contributed by atoms with Crippen molar-refractivity contribution in [3.8, 4) is 10.6 Å². The minimum Gasteiger partial charge on any atom is -0.304 e. The van der Waals surface area contributed by atoms with Gasteiger partial charge in [0.1, 0.15) is 10.0 Å². The minimum absolute atomic E-state index is 0.00382. The molecule has 0 fully saturated rings. The molecule has 7 nitrogen and oxygen atoms in total. The molecule has 1 N–H and O–H groups in total. The maximum Gasteiger partial charge on any atom is 0.390 e. The fourth-order valence-electron chi connectivity index (χ4n) is 2.11. The Hall–Kier alpha value is -1.92. The van der Waals surface area contributed by atoms with Crippen molar-refractivity contribution < 1.29 is 36.3 Å². The zero-order chi connectivity index (χ0) is 21.1. The molecule has 0 aliphatic rings. The number of sulfone groups is 1. The van der Waals surface area contributed by atoms with Gasteiger partial charge in [0.15, 0.2) is 15.0 Å². The summed E-state index contributed by atoms with van der Waals surface area (Å²) in [4.78, 5) is 17.5. The summed E-state index contributed by atoms with van der Waals surface area (Å²) in [5.74, 6) is -2.38. The lowest BCUT2D eigenvalue weighted by Gasteiger charge is -2.15. The molecule has 0 radical (unpaired) electrons. The lowest BCUT2D eigenvalue weighted by atomic mass is 10.3. The van der Waals surface area contributed by atoms with E-state index in [1.165, 1.54) is 19.4 Å². The Bertz CT molecular complexity index is 964. The van der Waals surface area contributed by atoms with E-state index in [-0.39, 0.29) is 10.2 Å². The summed E-state index contributed by atoms with van der Waals surface area (Å²) < 4.78 is 60.7. The van der Waals surface area contributed by atoms with E-state index >= 15 is 0 Å². The third-order valence-electron chi connectivity index (χ3n) is 3.60. The maximum atomic E-state index is 12.3.